The molecule has 14 heavy (non-hydrogen) atoms. The summed E-state index contributed by atoms with van der Waals surface area (Å²) in [4.78, 5) is 13.4. The number of ether oxygens (including phenoxy) is 1. The van der Waals surface area contributed by atoms with Crippen molar-refractivity contribution < 1.29 is 9.53 Å². The number of nitrogens with zero attached hydrogens (tertiary/aromatic N) is 1. The van der Waals surface area contributed by atoms with Gasteiger partial charge in [-0.15, -0.1) is 0 Å². The number of likely N-dealkylation sites (N-methyl/N-ethyl adjacent to an activating group) is 1. The van der Waals surface area contributed by atoms with Gasteiger partial charge in [0.05, 0.1) is 6.10 Å². The predicted octanol–water partition coefficient (Wildman–Crippen LogP) is 2.06. The van der Waals surface area contributed by atoms with Crippen molar-refractivity contribution in [3.8, 4) is 0 Å². The molecule has 0 aliphatic rings. The third-order valence-electron chi connectivity index (χ3n) is 2.06. The molecule has 0 spiro atoms. The summed E-state index contributed by atoms with van der Waals surface area (Å²) in [5, 5.41) is 0. The Kier molecular flexibility index (Phi) is 7.48. The molecule has 0 atom stereocenters. The number of carbonyl (C=O) groups excluding carboxylic acids is 1. The second-order valence-corrected chi connectivity index (χ2v) is 3.69. The quantitative estimate of drug-likeness (QED) is 0.631. The van der Waals surface area contributed by atoms with Crippen molar-refractivity contribution >= 4 is 5.91 Å². The maximum absolute atomic E-state index is 11.6. The Labute approximate surface area is 87.4 Å². The van der Waals surface area contributed by atoms with Gasteiger partial charge in [0.1, 0.15) is 6.61 Å². The van der Waals surface area contributed by atoms with Gasteiger partial charge >= 0.3 is 0 Å². The van der Waals surface area contributed by atoms with Crippen LogP contribution in [0.25, 0.3) is 0 Å². The van der Waals surface area contributed by atoms with Gasteiger partial charge in [0.2, 0.25) is 5.91 Å². The minimum atomic E-state index is 0.106. The van der Waals surface area contributed by atoms with E-state index in [1.54, 1.807) is 0 Å². The maximum Gasteiger partial charge on any atom is 0.248 e. The molecular formula is C11H23NO2. The molecule has 0 fully saturated rings. The van der Waals surface area contributed by atoms with Crippen molar-refractivity contribution in [1.29, 1.82) is 0 Å². The number of hydrogen-bond donors (Lipinski definition) is 0. The summed E-state index contributed by atoms with van der Waals surface area (Å²) in [5.41, 5.74) is 0. The van der Waals surface area contributed by atoms with Crippen molar-refractivity contribution in [2.45, 2.75) is 46.6 Å². The molecule has 0 radical (unpaired) electrons. The van der Waals surface area contributed by atoms with Gasteiger partial charge in [0.25, 0.3) is 0 Å². The molecule has 0 N–H and O–H groups in total. The third kappa shape index (κ3) is 5.97. The van der Waals surface area contributed by atoms with E-state index >= 15 is 0 Å². The first kappa shape index (κ1) is 13.4. The van der Waals surface area contributed by atoms with Crippen LogP contribution in [0.4, 0.5) is 0 Å². The van der Waals surface area contributed by atoms with Gasteiger partial charge < -0.3 is 9.64 Å². The monoisotopic (exact) mass is 201 g/mol. The number of amides is 1. The van der Waals surface area contributed by atoms with E-state index in [1.165, 1.54) is 0 Å². The van der Waals surface area contributed by atoms with Crippen molar-refractivity contribution in [3.63, 3.8) is 0 Å². The highest BCUT2D eigenvalue weighted by molar-refractivity contribution is 5.77. The molecule has 0 aliphatic heterocycles. The molecule has 0 bridgehead atoms. The summed E-state index contributed by atoms with van der Waals surface area (Å²) >= 11 is 0. The average Bonchev–Trinajstić information content (AvgIpc) is 2.16. The van der Waals surface area contributed by atoms with Crippen LogP contribution in [0.15, 0.2) is 0 Å². The molecule has 0 aliphatic carbocycles. The van der Waals surface area contributed by atoms with E-state index < -0.39 is 0 Å². The average molecular weight is 201 g/mol. The topological polar surface area (TPSA) is 29.5 Å². The summed E-state index contributed by atoms with van der Waals surface area (Å²) in [5.74, 6) is 0.106. The van der Waals surface area contributed by atoms with Gasteiger partial charge in [-0.2, -0.15) is 0 Å². The Morgan fingerprint density at radius 1 is 1.36 bits per heavy atom. The smallest absolute Gasteiger partial charge is 0.248 e. The van der Waals surface area contributed by atoms with Gasteiger partial charge in [0.15, 0.2) is 0 Å². The van der Waals surface area contributed by atoms with Crippen LogP contribution < -0.4 is 0 Å². The van der Waals surface area contributed by atoms with Gasteiger partial charge in [-0.3, -0.25) is 4.79 Å². The Hall–Kier alpha value is -0.570. The van der Waals surface area contributed by atoms with Crippen LogP contribution >= 0.6 is 0 Å². The lowest BCUT2D eigenvalue weighted by Gasteiger charge is -2.21. The molecule has 0 aromatic rings. The number of rotatable bonds is 7. The van der Waals surface area contributed by atoms with Crippen molar-refractivity contribution in [2.75, 3.05) is 19.7 Å². The van der Waals surface area contributed by atoms with E-state index in [0.717, 1.165) is 25.9 Å². The molecule has 0 aromatic carbocycles. The Bertz CT molecular complexity index is 157. The van der Waals surface area contributed by atoms with Crippen LogP contribution in [0.2, 0.25) is 0 Å². The summed E-state index contributed by atoms with van der Waals surface area (Å²) in [6.07, 6.45) is 2.32. The molecular weight excluding hydrogens is 178 g/mol. The Morgan fingerprint density at radius 3 is 2.43 bits per heavy atom. The normalized spacial score (nSPS) is 10.6. The summed E-state index contributed by atoms with van der Waals surface area (Å²) in [6, 6.07) is 0. The third-order valence-corrected chi connectivity index (χ3v) is 2.06. The molecule has 0 saturated carbocycles. The van der Waals surface area contributed by atoms with E-state index in [1.807, 2.05) is 25.7 Å². The fraction of sp³-hybridized carbons (Fsp3) is 0.909. The predicted molar refractivity (Wildman–Crippen MR) is 58.3 cm³/mol. The highest BCUT2D eigenvalue weighted by Crippen LogP contribution is 1.97. The molecule has 0 saturated heterocycles. The molecule has 3 nitrogen and oxygen atoms in total. The van der Waals surface area contributed by atoms with Crippen molar-refractivity contribution in [3.05, 3.63) is 0 Å². The van der Waals surface area contributed by atoms with Crippen LogP contribution in [-0.4, -0.2) is 36.6 Å². The summed E-state index contributed by atoms with van der Waals surface area (Å²) in [7, 11) is 0. The molecule has 0 rings (SSSR count). The molecule has 1 amide bonds. The minimum absolute atomic E-state index is 0.106. The first-order chi connectivity index (χ1) is 6.61. The Morgan fingerprint density at radius 2 is 2.00 bits per heavy atom. The lowest BCUT2D eigenvalue weighted by Crippen LogP contribution is -2.35. The van der Waals surface area contributed by atoms with Gasteiger partial charge in [-0.05, 0) is 27.2 Å². The second-order valence-electron chi connectivity index (χ2n) is 3.69. The van der Waals surface area contributed by atoms with Crippen LogP contribution in [0.1, 0.15) is 40.5 Å². The molecule has 0 heterocycles. The first-order valence-electron chi connectivity index (χ1n) is 5.51. The SMILES string of the molecule is CCCCN(CC)C(=O)COC(C)C. The highest BCUT2D eigenvalue weighted by Gasteiger charge is 2.11. The number of hydrogen-bond acceptors (Lipinski definition) is 2. The minimum Gasteiger partial charge on any atom is -0.369 e. The van der Waals surface area contributed by atoms with E-state index in [0.29, 0.717) is 0 Å². The molecule has 0 aromatic heterocycles. The largest absolute Gasteiger partial charge is 0.369 e. The first-order valence-corrected chi connectivity index (χ1v) is 5.51. The standard InChI is InChI=1S/C11H23NO2/c1-5-7-8-12(6-2)11(13)9-14-10(3)4/h10H,5-9H2,1-4H3. The molecule has 3 heteroatoms. The molecule has 84 valence electrons. The zero-order chi connectivity index (χ0) is 11.0. The van der Waals surface area contributed by atoms with E-state index in [4.69, 9.17) is 4.74 Å². The summed E-state index contributed by atoms with van der Waals surface area (Å²) in [6.45, 7) is 9.86. The lowest BCUT2D eigenvalue weighted by atomic mass is 10.3. The van der Waals surface area contributed by atoms with Gasteiger partial charge in [0, 0.05) is 13.1 Å². The van der Waals surface area contributed by atoms with E-state index in [2.05, 4.69) is 6.92 Å². The van der Waals surface area contributed by atoms with Crippen molar-refractivity contribution in [2.24, 2.45) is 0 Å². The maximum atomic E-state index is 11.6. The van der Waals surface area contributed by atoms with E-state index in [9.17, 15) is 4.79 Å². The zero-order valence-electron chi connectivity index (χ0n) is 9.88. The number of carbonyl (C=O) groups is 1. The van der Waals surface area contributed by atoms with Gasteiger partial charge in [-0.25, -0.2) is 0 Å². The van der Waals surface area contributed by atoms with Crippen LogP contribution in [0.3, 0.4) is 0 Å². The molecule has 0 unspecified atom stereocenters. The zero-order valence-corrected chi connectivity index (χ0v) is 9.88. The Balaban J connectivity index is 3.79. The van der Waals surface area contributed by atoms with Crippen LogP contribution in [-0.2, 0) is 9.53 Å². The van der Waals surface area contributed by atoms with Crippen LogP contribution in [0, 0.1) is 0 Å². The second kappa shape index (κ2) is 7.80. The van der Waals surface area contributed by atoms with Gasteiger partial charge in [-0.1, -0.05) is 13.3 Å². The van der Waals surface area contributed by atoms with E-state index in [-0.39, 0.29) is 18.6 Å². The lowest BCUT2D eigenvalue weighted by molar-refractivity contribution is -0.137. The summed E-state index contributed by atoms with van der Waals surface area (Å²) < 4.78 is 5.28. The van der Waals surface area contributed by atoms with Crippen LogP contribution in [0.5, 0.6) is 0 Å². The fourth-order valence-corrected chi connectivity index (χ4v) is 1.14. The highest BCUT2D eigenvalue weighted by atomic mass is 16.5. The van der Waals surface area contributed by atoms with Crippen molar-refractivity contribution in [1.82, 2.24) is 4.90 Å². The fourth-order valence-electron chi connectivity index (χ4n) is 1.14. The number of unbranched alkanes of at least 4 members (excludes halogenated alkanes) is 1.